The quantitative estimate of drug-likeness (QED) is 0.672. The minimum atomic E-state index is -0.248. The lowest BCUT2D eigenvalue weighted by molar-refractivity contribution is -0.0989. The van der Waals surface area contributed by atoms with Gasteiger partial charge >= 0.3 is 0 Å². The standard InChI is InChI=1S/C10H16N2O3/c1-14-10(15-2)7-11-5-8-3-4-9(13)6-12-8/h3-4,6,10-11,13H,5,7H2,1-2H3. The Kier molecular flexibility index (Phi) is 5.03. The van der Waals surface area contributed by atoms with Crippen LogP contribution in [0.5, 0.6) is 5.75 Å². The number of hydrogen-bond acceptors (Lipinski definition) is 5. The van der Waals surface area contributed by atoms with E-state index < -0.39 is 0 Å². The van der Waals surface area contributed by atoms with Crippen molar-refractivity contribution in [3.63, 3.8) is 0 Å². The number of aromatic hydroxyl groups is 1. The largest absolute Gasteiger partial charge is 0.506 e. The number of nitrogens with zero attached hydrogens (tertiary/aromatic N) is 1. The molecule has 5 nitrogen and oxygen atoms in total. The van der Waals surface area contributed by atoms with E-state index in [4.69, 9.17) is 14.6 Å². The lowest BCUT2D eigenvalue weighted by Crippen LogP contribution is -2.29. The first-order valence-electron chi connectivity index (χ1n) is 4.66. The van der Waals surface area contributed by atoms with Gasteiger partial charge in [0.15, 0.2) is 6.29 Å². The van der Waals surface area contributed by atoms with Gasteiger partial charge in [0.05, 0.1) is 11.9 Å². The molecule has 0 radical (unpaired) electrons. The molecule has 1 aromatic rings. The van der Waals surface area contributed by atoms with E-state index in [1.54, 1.807) is 26.4 Å². The van der Waals surface area contributed by atoms with Gasteiger partial charge in [0.1, 0.15) is 5.75 Å². The number of hydrogen-bond donors (Lipinski definition) is 2. The molecule has 0 unspecified atom stereocenters. The fraction of sp³-hybridized carbons (Fsp3) is 0.500. The van der Waals surface area contributed by atoms with E-state index in [0.29, 0.717) is 13.1 Å². The van der Waals surface area contributed by atoms with E-state index in [0.717, 1.165) is 5.69 Å². The first-order valence-corrected chi connectivity index (χ1v) is 4.66. The minimum absolute atomic E-state index is 0.172. The van der Waals surface area contributed by atoms with E-state index in [1.807, 2.05) is 0 Å². The zero-order valence-corrected chi connectivity index (χ0v) is 8.93. The first kappa shape index (κ1) is 11.9. The molecule has 0 fully saturated rings. The van der Waals surface area contributed by atoms with E-state index in [-0.39, 0.29) is 12.0 Å². The third kappa shape index (κ3) is 4.24. The van der Waals surface area contributed by atoms with Crippen LogP contribution in [0.4, 0.5) is 0 Å². The number of rotatable bonds is 6. The number of nitrogens with one attached hydrogen (secondary N) is 1. The Balaban J connectivity index is 2.28. The maximum atomic E-state index is 9.02. The fourth-order valence-corrected chi connectivity index (χ4v) is 1.10. The average Bonchev–Trinajstić information content (AvgIpc) is 2.27. The van der Waals surface area contributed by atoms with Gasteiger partial charge in [-0.15, -0.1) is 0 Å². The molecule has 0 spiro atoms. The normalized spacial score (nSPS) is 10.9. The molecule has 0 saturated carbocycles. The van der Waals surface area contributed by atoms with Crippen molar-refractivity contribution in [3.8, 4) is 5.75 Å². The monoisotopic (exact) mass is 212 g/mol. The predicted molar refractivity (Wildman–Crippen MR) is 55.4 cm³/mol. The average molecular weight is 212 g/mol. The SMILES string of the molecule is COC(CNCc1ccc(O)cn1)OC. The van der Waals surface area contributed by atoms with Gasteiger partial charge in [0.25, 0.3) is 0 Å². The van der Waals surface area contributed by atoms with Crippen molar-refractivity contribution in [2.45, 2.75) is 12.8 Å². The highest BCUT2D eigenvalue weighted by atomic mass is 16.7. The molecular weight excluding hydrogens is 196 g/mol. The highest BCUT2D eigenvalue weighted by Gasteiger charge is 2.03. The van der Waals surface area contributed by atoms with Crippen LogP contribution in [0.3, 0.4) is 0 Å². The molecule has 0 aromatic carbocycles. The van der Waals surface area contributed by atoms with Gasteiger partial charge in [-0.2, -0.15) is 0 Å². The van der Waals surface area contributed by atoms with Crippen molar-refractivity contribution in [1.29, 1.82) is 0 Å². The van der Waals surface area contributed by atoms with Crippen LogP contribution in [0.25, 0.3) is 0 Å². The van der Waals surface area contributed by atoms with E-state index >= 15 is 0 Å². The van der Waals surface area contributed by atoms with Gasteiger partial charge < -0.3 is 19.9 Å². The molecule has 5 heteroatoms. The molecular formula is C10H16N2O3. The Labute approximate surface area is 89.0 Å². The number of ether oxygens (including phenoxy) is 2. The summed E-state index contributed by atoms with van der Waals surface area (Å²) in [7, 11) is 3.18. The molecule has 0 aliphatic carbocycles. The van der Waals surface area contributed by atoms with Crippen molar-refractivity contribution in [2.75, 3.05) is 20.8 Å². The molecule has 1 aromatic heterocycles. The fourth-order valence-electron chi connectivity index (χ4n) is 1.10. The lowest BCUT2D eigenvalue weighted by atomic mass is 10.3. The Bertz CT molecular complexity index is 273. The smallest absolute Gasteiger partial charge is 0.169 e. The second-order valence-electron chi connectivity index (χ2n) is 3.04. The molecule has 15 heavy (non-hydrogen) atoms. The Morgan fingerprint density at radius 1 is 1.40 bits per heavy atom. The van der Waals surface area contributed by atoms with Gasteiger partial charge in [0, 0.05) is 27.3 Å². The summed E-state index contributed by atoms with van der Waals surface area (Å²) >= 11 is 0. The zero-order chi connectivity index (χ0) is 11.1. The maximum absolute atomic E-state index is 9.02. The lowest BCUT2D eigenvalue weighted by Gasteiger charge is -2.13. The molecule has 2 N–H and O–H groups in total. The summed E-state index contributed by atoms with van der Waals surface area (Å²) in [6.45, 7) is 1.21. The Morgan fingerprint density at radius 3 is 2.67 bits per heavy atom. The van der Waals surface area contributed by atoms with Gasteiger partial charge in [-0.25, -0.2) is 0 Å². The van der Waals surface area contributed by atoms with Crippen molar-refractivity contribution in [3.05, 3.63) is 24.0 Å². The second-order valence-corrected chi connectivity index (χ2v) is 3.04. The minimum Gasteiger partial charge on any atom is -0.506 e. The van der Waals surface area contributed by atoms with Crippen molar-refractivity contribution >= 4 is 0 Å². The van der Waals surface area contributed by atoms with Crippen LogP contribution >= 0.6 is 0 Å². The molecule has 0 aliphatic heterocycles. The Morgan fingerprint density at radius 2 is 2.13 bits per heavy atom. The van der Waals surface area contributed by atoms with E-state index in [2.05, 4.69) is 10.3 Å². The molecule has 0 saturated heterocycles. The zero-order valence-electron chi connectivity index (χ0n) is 8.93. The van der Waals surface area contributed by atoms with E-state index in [1.165, 1.54) is 6.20 Å². The predicted octanol–water partition coefficient (Wildman–Crippen LogP) is 0.496. The topological polar surface area (TPSA) is 63.6 Å². The summed E-state index contributed by atoms with van der Waals surface area (Å²) in [6.07, 6.45) is 1.17. The third-order valence-corrected chi connectivity index (χ3v) is 1.95. The van der Waals surface area contributed by atoms with Crippen LogP contribution in [0.15, 0.2) is 18.3 Å². The summed E-state index contributed by atoms with van der Waals surface area (Å²) in [5.41, 5.74) is 0.860. The van der Waals surface area contributed by atoms with E-state index in [9.17, 15) is 0 Å². The summed E-state index contributed by atoms with van der Waals surface area (Å²) < 4.78 is 10.0. The van der Waals surface area contributed by atoms with Crippen LogP contribution in [0, 0.1) is 0 Å². The van der Waals surface area contributed by atoms with Crippen LogP contribution in [-0.2, 0) is 16.0 Å². The summed E-state index contributed by atoms with van der Waals surface area (Å²) in [4.78, 5) is 4.03. The molecule has 0 bridgehead atoms. The highest BCUT2D eigenvalue weighted by molar-refractivity contribution is 5.17. The highest BCUT2D eigenvalue weighted by Crippen LogP contribution is 2.05. The van der Waals surface area contributed by atoms with Crippen LogP contribution in [0.2, 0.25) is 0 Å². The van der Waals surface area contributed by atoms with Gasteiger partial charge in [-0.1, -0.05) is 0 Å². The molecule has 0 amide bonds. The van der Waals surface area contributed by atoms with Crippen LogP contribution < -0.4 is 5.32 Å². The number of pyridine rings is 1. The first-order chi connectivity index (χ1) is 7.26. The molecule has 1 heterocycles. The van der Waals surface area contributed by atoms with Crippen molar-refractivity contribution in [1.82, 2.24) is 10.3 Å². The van der Waals surface area contributed by atoms with Crippen LogP contribution in [-0.4, -0.2) is 37.1 Å². The molecule has 1 rings (SSSR count). The van der Waals surface area contributed by atoms with Gasteiger partial charge in [-0.05, 0) is 12.1 Å². The van der Waals surface area contributed by atoms with Crippen LogP contribution in [0.1, 0.15) is 5.69 Å². The molecule has 84 valence electrons. The van der Waals surface area contributed by atoms with Gasteiger partial charge in [0.2, 0.25) is 0 Å². The van der Waals surface area contributed by atoms with Crippen molar-refractivity contribution in [2.24, 2.45) is 0 Å². The second kappa shape index (κ2) is 6.34. The Hall–Kier alpha value is -1.17. The summed E-state index contributed by atoms with van der Waals surface area (Å²) in [5, 5.41) is 12.2. The third-order valence-electron chi connectivity index (χ3n) is 1.95. The van der Waals surface area contributed by atoms with Crippen molar-refractivity contribution < 1.29 is 14.6 Å². The summed E-state index contributed by atoms with van der Waals surface area (Å²) in [5.74, 6) is 0.172. The number of aromatic nitrogens is 1. The number of methoxy groups -OCH3 is 2. The molecule has 0 atom stereocenters. The maximum Gasteiger partial charge on any atom is 0.169 e. The summed E-state index contributed by atoms with van der Waals surface area (Å²) in [6, 6.07) is 3.37. The van der Waals surface area contributed by atoms with Gasteiger partial charge in [-0.3, -0.25) is 4.98 Å². The molecule has 0 aliphatic rings.